The van der Waals surface area contributed by atoms with E-state index in [1.165, 1.54) is 25.2 Å². The smallest absolute Gasteiger partial charge is 0.0406 e. The Morgan fingerprint density at radius 1 is 1.30 bits per heavy atom. The van der Waals surface area contributed by atoms with Gasteiger partial charge in [-0.25, -0.2) is 0 Å². The van der Waals surface area contributed by atoms with Crippen LogP contribution < -0.4 is 5.32 Å². The van der Waals surface area contributed by atoms with Crippen molar-refractivity contribution in [1.82, 2.24) is 10.2 Å². The highest BCUT2D eigenvalue weighted by atomic mass is 35.5. The van der Waals surface area contributed by atoms with Crippen LogP contribution in [0.3, 0.4) is 0 Å². The Morgan fingerprint density at radius 3 is 2.60 bits per heavy atom. The van der Waals surface area contributed by atoms with Crippen LogP contribution in [0, 0.1) is 11.8 Å². The van der Waals surface area contributed by atoms with Gasteiger partial charge in [0.15, 0.2) is 0 Å². The summed E-state index contributed by atoms with van der Waals surface area (Å²) in [6.45, 7) is 10.7. The third-order valence-electron chi connectivity index (χ3n) is 5.44. The average Bonchev–Trinajstić information content (AvgIpc) is 2.97. The minimum atomic E-state index is 0.272. The highest BCUT2D eigenvalue weighted by molar-refractivity contribution is 6.30. The lowest BCUT2D eigenvalue weighted by Crippen LogP contribution is -2.46. The van der Waals surface area contributed by atoms with Crippen LogP contribution in [-0.4, -0.2) is 30.1 Å². The normalized spacial score (nSPS) is 30.4. The third-order valence-corrected chi connectivity index (χ3v) is 5.69. The zero-order valence-corrected chi connectivity index (χ0v) is 13.5. The van der Waals surface area contributed by atoms with Crippen LogP contribution >= 0.6 is 11.6 Å². The van der Waals surface area contributed by atoms with Gasteiger partial charge in [-0.15, -0.1) is 0 Å². The molecule has 2 nitrogen and oxygen atoms in total. The van der Waals surface area contributed by atoms with Crippen LogP contribution in [-0.2, 0) is 0 Å². The molecule has 1 aromatic rings. The molecule has 1 N–H and O–H groups in total. The molecule has 0 aromatic heterocycles. The van der Waals surface area contributed by atoms with Gasteiger partial charge in [0.05, 0.1) is 0 Å². The van der Waals surface area contributed by atoms with Crippen LogP contribution in [0.15, 0.2) is 24.3 Å². The molecule has 2 aliphatic rings. The van der Waals surface area contributed by atoms with Crippen molar-refractivity contribution >= 4 is 11.6 Å². The first-order valence-electron chi connectivity index (χ1n) is 7.77. The van der Waals surface area contributed by atoms with Gasteiger partial charge in [0.25, 0.3) is 0 Å². The highest BCUT2D eigenvalue weighted by Crippen LogP contribution is 2.45. The summed E-state index contributed by atoms with van der Waals surface area (Å²) in [6, 6.07) is 8.93. The molecule has 0 saturated carbocycles. The molecular formula is C17H25ClN2. The molecule has 2 aliphatic heterocycles. The Labute approximate surface area is 127 Å². The zero-order valence-electron chi connectivity index (χ0n) is 12.7. The van der Waals surface area contributed by atoms with Gasteiger partial charge in [-0.2, -0.15) is 0 Å². The number of hydrogen-bond acceptors (Lipinski definition) is 2. The fraction of sp³-hybridized carbons (Fsp3) is 0.647. The highest BCUT2D eigenvalue weighted by Gasteiger charge is 2.51. The minimum Gasteiger partial charge on any atom is -0.316 e. The zero-order chi connectivity index (χ0) is 14.3. The van der Waals surface area contributed by atoms with E-state index in [-0.39, 0.29) is 5.54 Å². The summed E-state index contributed by atoms with van der Waals surface area (Å²) < 4.78 is 0. The van der Waals surface area contributed by atoms with E-state index >= 15 is 0 Å². The van der Waals surface area contributed by atoms with Crippen LogP contribution in [0.4, 0.5) is 0 Å². The summed E-state index contributed by atoms with van der Waals surface area (Å²) in [7, 11) is 0. The van der Waals surface area contributed by atoms with Crippen molar-refractivity contribution in [2.75, 3.05) is 19.6 Å². The molecule has 3 atom stereocenters. The fourth-order valence-corrected chi connectivity index (χ4v) is 4.43. The van der Waals surface area contributed by atoms with Crippen molar-refractivity contribution in [2.45, 2.75) is 38.8 Å². The maximum absolute atomic E-state index is 6.03. The summed E-state index contributed by atoms with van der Waals surface area (Å²) in [5.74, 6) is 1.59. The van der Waals surface area contributed by atoms with E-state index in [2.05, 4.69) is 43.1 Å². The molecule has 3 heteroatoms. The quantitative estimate of drug-likeness (QED) is 0.913. The molecule has 0 aliphatic carbocycles. The first-order valence-corrected chi connectivity index (χ1v) is 8.14. The molecule has 0 spiro atoms. The molecule has 20 heavy (non-hydrogen) atoms. The maximum Gasteiger partial charge on any atom is 0.0406 e. The van der Waals surface area contributed by atoms with Crippen molar-refractivity contribution in [2.24, 2.45) is 11.8 Å². The molecule has 3 unspecified atom stereocenters. The summed E-state index contributed by atoms with van der Waals surface area (Å²) >= 11 is 6.03. The van der Waals surface area contributed by atoms with E-state index in [4.69, 9.17) is 11.6 Å². The van der Waals surface area contributed by atoms with Gasteiger partial charge in [-0.1, -0.05) is 30.7 Å². The van der Waals surface area contributed by atoms with E-state index in [1.54, 1.807) is 0 Å². The molecule has 1 aromatic carbocycles. The summed E-state index contributed by atoms with van der Waals surface area (Å²) in [5, 5.41) is 4.38. The lowest BCUT2D eigenvalue weighted by atomic mass is 9.84. The molecule has 2 fully saturated rings. The number of benzene rings is 1. The standard InChI is InChI=1S/C17H25ClN2/c1-4-16(12-5-7-14(18)8-6-12)20-11-13-9-19-10-15(13)17(20,2)3/h5-8,13,15-16,19H,4,9-11H2,1-3H3. The average molecular weight is 293 g/mol. The van der Waals surface area contributed by atoms with Gasteiger partial charge in [0.1, 0.15) is 0 Å². The summed E-state index contributed by atoms with van der Waals surface area (Å²) in [5.41, 5.74) is 1.67. The number of halogens is 1. The largest absolute Gasteiger partial charge is 0.316 e. The van der Waals surface area contributed by atoms with Crippen molar-refractivity contribution in [3.05, 3.63) is 34.9 Å². The van der Waals surface area contributed by atoms with Crippen LogP contribution in [0.25, 0.3) is 0 Å². The number of rotatable bonds is 3. The topological polar surface area (TPSA) is 15.3 Å². The lowest BCUT2D eigenvalue weighted by Gasteiger charge is -2.41. The molecule has 0 bridgehead atoms. The molecule has 110 valence electrons. The Bertz CT molecular complexity index is 468. The van der Waals surface area contributed by atoms with Crippen molar-refractivity contribution in [1.29, 1.82) is 0 Å². The number of likely N-dealkylation sites (tertiary alicyclic amines) is 1. The molecule has 2 heterocycles. The number of nitrogens with zero attached hydrogens (tertiary/aromatic N) is 1. The first-order chi connectivity index (χ1) is 9.54. The van der Waals surface area contributed by atoms with Gasteiger partial charge in [-0.05, 0) is 56.3 Å². The summed E-state index contributed by atoms with van der Waals surface area (Å²) in [4.78, 5) is 2.73. The minimum absolute atomic E-state index is 0.272. The van der Waals surface area contributed by atoms with Crippen molar-refractivity contribution in [3.63, 3.8) is 0 Å². The molecule has 0 radical (unpaired) electrons. The van der Waals surface area contributed by atoms with Gasteiger partial charge in [0.2, 0.25) is 0 Å². The van der Waals surface area contributed by atoms with Crippen molar-refractivity contribution in [3.8, 4) is 0 Å². The predicted molar refractivity (Wildman–Crippen MR) is 85.1 cm³/mol. The van der Waals surface area contributed by atoms with Crippen molar-refractivity contribution < 1.29 is 0 Å². The van der Waals surface area contributed by atoms with E-state index in [1.807, 2.05) is 12.1 Å². The SMILES string of the molecule is CCC(c1ccc(Cl)cc1)N1CC2CNCC2C1(C)C. The van der Waals surface area contributed by atoms with E-state index in [0.717, 1.165) is 23.3 Å². The molecule has 3 rings (SSSR count). The van der Waals surface area contributed by atoms with Crippen LogP contribution in [0.2, 0.25) is 5.02 Å². The molecular weight excluding hydrogens is 268 g/mol. The van der Waals surface area contributed by atoms with Gasteiger partial charge in [-0.3, -0.25) is 4.90 Å². The monoisotopic (exact) mass is 292 g/mol. The number of fused-ring (bicyclic) bond motifs is 1. The molecule has 2 saturated heterocycles. The second-order valence-electron chi connectivity index (χ2n) is 6.81. The number of nitrogens with one attached hydrogen (secondary N) is 1. The maximum atomic E-state index is 6.03. The predicted octanol–water partition coefficient (Wildman–Crippen LogP) is 3.72. The van der Waals surface area contributed by atoms with E-state index in [9.17, 15) is 0 Å². The fourth-order valence-electron chi connectivity index (χ4n) is 4.30. The Kier molecular flexibility index (Phi) is 3.83. The van der Waals surface area contributed by atoms with Gasteiger partial charge >= 0.3 is 0 Å². The summed E-state index contributed by atoms with van der Waals surface area (Å²) in [6.07, 6.45) is 1.15. The molecule has 0 amide bonds. The Morgan fingerprint density at radius 2 is 2.00 bits per heavy atom. The Hall–Kier alpha value is -0.570. The van der Waals surface area contributed by atoms with Gasteiger partial charge < -0.3 is 5.32 Å². The first kappa shape index (κ1) is 14.4. The Balaban J connectivity index is 1.88. The number of hydrogen-bond donors (Lipinski definition) is 1. The van der Waals surface area contributed by atoms with Gasteiger partial charge in [0, 0.05) is 29.7 Å². The van der Waals surface area contributed by atoms with Crippen LogP contribution in [0.1, 0.15) is 38.8 Å². The third kappa shape index (κ3) is 2.28. The van der Waals surface area contributed by atoms with Crippen LogP contribution in [0.5, 0.6) is 0 Å². The lowest BCUT2D eigenvalue weighted by molar-refractivity contribution is 0.0859. The second kappa shape index (κ2) is 5.32. The van der Waals surface area contributed by atoms with E-state index in [0.29, 0.717) is 6.04 Å². The second-order valence-corrected chi connectivity index (χ2v) is 7.24. The van der Waals surface area contributed by atoms with E-state index < -0.39 is 0 Å².